The average Bonchev–Trinajstić information content (AvgIpc) is 2.83. The summed E-state index contributed by atoms with van der Waals surface area (Å²) >= 11 is 12.1. The minimum atomic E-state index is 0.898. The van der Waals surface area contributed by atoms with E-state index in [0.717, 1.165) is 34.5 Å². The van der Waals surface area contributed by atoms with Crippen LogP contribution in [0.5, 0.6) is 0 Å². The minimum Gasteiger partial charge on any atom is -0.337 e. The van der Waals surface area contributed by atoms with Gasteiger partial charge in [-0.05, 0) is 56.1 Å². The van der Waals surface area contributed by atoms with Gasteiger partial charge in [-0.15, -0.1) is 11.3 Å². The van der Waals surface area contributed by atoms with Gasteiger partial charge in [-0.3, -0.25) is 0 Å². The molecule has 0 unspecified atom stereocenters. The van der Waals surface area contributed by atoms with Crippen LogP contribution in [0.3, 0.4) is 0 Å². The van der Waals surface area contributed by atoms with Crippen LogP contribution in [0.4, 0.5) is 0 Å². The van der Waals surface area contributed by atoms with E-state index in [-0.39, 0.29) is 0 Å². The summed E-state index contributed by atoms with van der Waals surface area (Å²) in [6.07, 6.45) is 0. The molecule has 0 fully saturated rings. The van der Waals surface area contributed by atoms with E-state index >= 15 is 0 Å². The maximum absolute atomic E-state index is 4.57. The van der Waals surface area contributed by atoms with Crippen LogP contribution in [0.2, 0.25) is 0 Å². The third kappa shape index (κ3) is 2.23. The van der Waals surface area contributed by atoms with Crippen molar-refractivity contribution < 1.29 is 0 Å². The highest BCUT2D eigenvalue weighted by molar-refractivity contribution is 9.13. The predicted octanol–water partition coefficient (Wildman–Crippen LogP) is 5.58. The summed E-state index contributed by atoms with van der Waals surface area (Å²) in [5.74, 6) is 0.898. The molecule has 2 heterocycles. The lowest BCUT2D eigenvalue weighted by atomic mass is 10.3. The summed E-state index contributed by atoms with van der Waals surface area (Å²) in [7, 11) is 0. The SMILES string of the molecule is Brc1ccc2nc(-c3cc(Br)c(Br)s3)[nH]c2c1. The molecule has 86 valence electrons. The molecule has 0 amide bonds. The number of hydrogen-bond donors (Lipinski definition) is 1. The molecule has 0 atom stereocenters. The molecule has 0 spiro atoms. The van der Waals surface area contributed by atoms with Crippen molar-refractivity contribution in [3.63, 3.8) is 0 Å². The molecule has 2 aromatic heterocycles. The minimum absolute atomic E-state index is 0.898. The molecule has 1 aromatic carbocycles. The van der Waals surface area contributed by atoms with Crippen molar-refractivity contribution >= 4 is 70.2 Å². The van der Waals surface area contributed by atoms with Crippen LogP contribution >= 0.6 is 59.1 Å². The van der Waals surface area contributed by atoms with Gasteiger partial charge >= 0.3 is 0 Å². The van der Waals surface area contributed by atoms with Crippen molar-refractivity contribution in [3.8, 4) is 10.7 Å². The number of thiophene rings is 1. The Hall–Kier alpha value is -0.170. The van der Waals surface area contributed by atoms with E-state index in [4.69, 9.17) is 0 Å². The van der Waals surface area contributed by atoms with Crippen LogP contribution in [0.15, 0.2) is 37.0 Å². The molecule has 0 aliphatic rings. The summed E-state index contributed by atoms with van der Waals surface area (Å²) in [4.78, 5) is 9.00. The first-order chi connectivity index (χ1) is 8.13. The van der Waals surface area contributed by atoms with Gasteiger partial charge in [0.1, 0.15) is 5.82 Å². The molecule has 0 saturated carbocycles. The monoisotopic (exact) mass is 434 g/mol. The third-order valence-electron chi connectivity index (χ3n) is 2.32. The first-order valence-corrected chi connectivity index (χ1v) is 7.93. The van der Waals surface area contributed by atoms with Crippen molar-refractivity contribution in [2.75, 3.05) is 0 Å². The Balaban J connectivity index is 2.17. The van der Waals surface area contributed by atoms with E-state index in [2.05, 4.69) is 63.8 Å². The zero-order chi connectivity index (χ0) is 12.0. The van der Waals surface area contributed by atoms with Gasteiger partial charge in [-0.2, -0.15) is 0 Å². The topological polar surface area (TPSA) is 28.7 Å². The van der Waals surface area contributed by atoms with E-state index in [9.17, 15) is 0 Å². The van der Waals surface area contributed by atoms with E-state index in [0.29, 0.717) is 0 Å². The highest BCUT2D eigenvalue weighted by Crippen LogP contribution is 2.37. The highest BCUT2D eigenvalue weighted by Gasteiger charge is 2.10. The maximum atomic E-state index is 4.57. The Morgan fingerprint density at radius 1 is 1.12 bits per heavy atom. The number of aromatic amines is 1. The molecule has 0 aliphatic carbocycles. The van der Waals surface area contributed by atoms with Gasteiger partial charge in [0, 0.05) is 8.95 Å². The predicted molar refractivity (Wildman–Crippen MR) is 82.5 cm³/mol. The second-order valence-electron chi connectivity index (χ2n) is 3.48. The quantitative estimate of drug-likeness (QED) is 0.530. The number of fused-ring (bicyclic) bond motifs is 1. The first kappa shape index (κ1) is 11.9. The Bertz CT molecular complexity index is 682. The normalized spacial score (nSPS) is 11.2. The molecule has 0 bridgehead atoms. The molecular formula is C11H5Br3N2S. The van der Waals surface area contributed by atoms with Crippen LogP contribution in [-0.4, -0.2) is 9.97 Å². The summed E-state index contributed by atoms with van der Waals surface area (Å²) in [6, 6.07) is 8.08. The molecule has 0 saturated heterocycles. The lowest BCUT2D eigenvalue weighted by Gasteiger charge is -1.88. The van der Waals surface area contributed by atoms with Crippen LogP contribution in [0, 0.1) is 0 Å². The summed E-state index contributed by atoms with van der Waals surface area (Å²) < 4.78 is 3.18. The Labute approximate surface area is 127 Å². The smallest absolute Gasteiger partial charge is 0.148 e. The molecular weight excluding hydrogens is 432 g/mol. The van der Waals surface area contributed by atoms with Crippen molar-refractivity contribution in [3.05, 3.63) is 37.0 Å². The van der Waals surface area contributed by atoms with Crippen LogP contribution in [0.25, 0.3) is 21.7 Å². The van der Waals surface area contributed by atoms with Crippen LogP contribution in [0.1, 0.15) is 0 Å². The number of hydrogen-bond acceptors (Lipinski definition) is 2. The number of nitrogens with zero attached hydrogens (tertiary/aromatic N) is 1. The van der Waals surface area contributed by atoms with Crippen LogP contribution in [-0.2, 0) is 0 Å². The third-order valence-corrected chi connectivity index (χ3v) is 6.08. The number of benzene rings is 1. The summed E-state index contributed by atoms with van der Waals surface area (Å²) in [5.41, 5.74) is 2.01. The lowest BCUT2D eigenvalue weighted by Crippen LogP contribution is -1.72. The number of imidazole rings is 1. The highest BCUT2D eigenvalue weighted by atomic mass is 79.9. The second kappa shape index (κ2) is 4.50. The standard InChI is InChI=1S/C11H5Br3N2S/c12-5-1-2-7-8(3-5)16-11(15-7)9-4-6(13)10(14)17-9/h1-4H,(H,15,16). The maximum Gasteiger partial charge on any atom is 0.148 e. The number of halogens is 3. The molecule has 1 N–H and O–H groups in total. The number of H-pyrrole nitrogens is 1. The molecule has 6 heteroatoms. The molecule has 3 aromatic rings. The van der Waals surface area contributed by atoms with Gasteiger partial charge < -0.3 is 4.98 Å². The molecule has 0 aliphatic heterocycles. The summed E-state index contributed by atoms with van der Waals surface area (Å²) in [6.45, 7) is 0. The zero-order valence-corrected chi connectivity index (χ0v) is 13.9. The fraction of sp³-hybridized carbons (Fsp3) is 0. The molecule has 3 rings (SSSR count). The fourth-order valence-electron chi connectivity index (χ4n) is 1.56. The van der Waals surface area contributed by atoms with Crippen molar-refractivity contribution in [1.82, 2.24) is 9.97 Å². The Morgan fingerprint density at radius 2 is 1.94 bits per heavy atom. The van der Waals surface area contributed by atoms with E-state index < -0.39 is 0 Å². The first-order valence-electron chi connectivity index (χ1n) is 4.74. The van der Waals surface area contributed by atoms with E-state index in [1.54, 1.807) is 11.3 Å². The van der Waals surface area contributed by atoms with Crippen LogP contribution < -0.4 is 0 Å². The Morgan fingerprint density at radius 3 is 2.65 bits per heavy atom. The van der Waals surface area contributed by atoms with Crippen molar-refractivity contribution in [2.24, 2.45) is 0 Å². The van der Waals surface area contributed by atoms with Gasteiger partial charge in [0.15, 0.2) is 0 Å². The molecule has 17 heavy (non-hydrogen) atoms. The number of nitrogens with one attached hydrogen (secondary N) is 1. The Kier molecular flexibility index (Phi) is 3.15. The second-order valence-corrected chi connectivity index (χ2v) is 7.62. The largest absolute Gasteiger partial charge is 0.337 e. The van der Waals surface area contributed by atoms with Gasteiger partial charge in [0.05, 0.1) is 19.7 Å². The van der Waals surface area contributed by atoms with Gasteiger partial charge in [0.2, 0.25) is 0 Å². The number of rotatable bonds is 1. The van der Waals surface area contributed by atoms with Gasteiger partial charge in [-0.25, -0.2) is 4.98 Å². The van der Waals surface area contributed by atoms with Gasteiger partial charge in [-0.1, -0.05) is 15.9 Å². The summed E-state index contributed by atoms with van der Waals surface area (Å²) in [5, 5.41) is 0. The molecule has 2 nitrogen and oxygen atoms in total. The van der Waals surface area contributed by atoms with Crippen molar-refractivity contribution in [2.45, 2.75) is 0 Å². The zero-order valence-electron chi connectivity index (χ0n) is 8.30. The fourth-order valence-corrected chi connectivity index (χ4v) is 3.90. The lowest BCUT2D eigenvalue weighted by molar-refractivity contribution is 1.36. The molecule has 0 radical (unpaired) electrons. The average molecular weight is 437 g/mol. The number of aromatic nitrogens is 2. The van der Waals surface area contributed by atoms with Gasteiger partial charge in [0.25, 0.3) is 0 Å². The van der Waals surface area contributed by atoms with E-state index in [1.807, 2.05) is 18.2 Å². The van der Waals surface area contributed by atoms with E-state index in [1.165, 1.54) is 0 Å². The van der Waals surface area contributed by atoms with Crippen molar-refractivity contribution in [1.29, 1.82) is 0 Å².